The molecule has 1 unspecified atom stereocenters. The van der Waals surface area contributed by atoms with E-state index in [4.69, 9.17) is 16.3 Å². The quantitative estimate of drug-likeness (QED) is 0.860. The van der Waals surface area contributed by atoms with Gasteiger partial charge in [-0.1, -0.05) is 11.6 Å². The van der Waals surface area contributed by atoms with E-state index in [1.165, 1.54) is 0 Å². The van der Waals surface area contributed by atoms with E-state index < -0.39 is 0 Å². The molecule has 0 aliphatic heterocycles. The largest absolute Gasteiger partial charge is 0.491 e. The lowest BCUT2D eigenvalue weighted by Gasteiger charge is -2.18. The molecule has 0 radical (unpaired) electrons. The van der Waals surface area contributed by atoms with Gasteiger partial charge in [0.25, 0.3) is 0 Å². The molecule has 0 aliphatic rings. The van der Waals surface area contributed by atoms with Gasteiger partial charge in [0.2, 0.25) is 0 Å². The number of benzene rings is 1. The van der Waals surface area contributed by atoms with E-state index in [1.807, 2.05) is 38.5 Å². The molecule has 20 heavy (non-hydrogen) atoms. The Morgan fingerprint density at radius 2 is 2.25 bits per heavy atom. The first-order valence-electron chi connectivity index (χ1n) is 6.38. The second kappa shape index (κ2) is 6.50. The lowest BCUT2D eigenvalue weighted by Crippen LogP contribution is -2.08. The Morgan fingerprint density at radius 3 is 2.85 bits per heavy atom. The van der Waals surface area contributed by atoms with E-state index in [2.05, 4.69) is 33.3 Å². The Balaban J connectivity index is 2.27. The van der Waals surface area contributed by atoms with Crippen molar-refractivity contribution in [2.24, 2.45) is 7.05 Å². The molecule has 0 spiro atoms. The summed E-state index contributed by atoms with van der Waals surface area (Å²) in [7, 11) is 1.90. The summed E-state index contributed by atoms with van der Waals surface area (Å²) in [6, 6.07) is 3.80. The fourth-order valence-electron chi connectivity index (χ4n) is 1.94. The second-order valence-electron chi connectivity index (χ2n) is 4.51. The molecule has 108 valence electrons. The monoisotopic (exact) mass is 357 g/mol. The number of rotatable bonds is 5. The molecule has 2 aromatic rings. The van der Waals surface area contributed by atoms with Crippen molar-refractivity contribution in [3.05, 3.63) is 39.6 Å². The molecule has 4 nitrogen and oxygen atoms in total. The van der Waals surface area contributed by atoms with Crippen molar-refractivity contribution in [1.82, 2.24) is 9.78 Å². The van der Waals surface area contributed by atoms with Gasteiger partial charge in [-0.2, -0.15) is 5.10 Å². The first-order chi connectivity index (χ1) is 9.51. The van der Waals surface area contributed by atoms with Crippen molar-refractivity contribution in [3.63, 3.8) is 0 Å². The molecule has 2 rings (SSSR count). The number of nitrogens with one attached hydrogen (secondary N) is 1. The highest BCUT2D eigenvalue weighted by Gasteiger charge is 2.14. The maximum atomic E-state index is 6.11. The van der Waals surface area contributed by atoms with Crippen molar-refractivity contribution in [3.8, 4) is 5.75 Å². The van der Waals surface area contributed by atoms with Gasteiger partial charge in [-0.3, -0.25) is 4.68 Å². The van der Waals surface area contributed by atoms with Crippen LogP contribution in [0.1, 0.15) is 25.5 Å². The molecule has 0 fully saturated rings. The molecule has 1 atom stereocenters. The summed E-state index contributed by atoms with van der Waals surface area (Å²) in [5.41, 5.74) is 1.97. The number of hydrogen-bond donors (Lipinski definition) is 1. The van der Waals surface area contributed by atoms with Crippen molar-refractivity contribution in [2.75, 3.05) is 11.9 Å². The van der Waals surface area contributed by atoms with Crippen molar-refractivity contribution < 1.29 is 4.74 Å². The zero-order valence-electron chi connectivity index (χ0n) is 11.7. The minimum atomic E-state index is 0.105. The lowest BCUT2D eigenvalue weighted by atomic mass is 10.1. The maximum Gasteiger partial charge on any atom is 0.156 e. The lowest BCUT2D eigenvalue weighted by molar-refractivity contribution is 0.339. The average molecular weight is 359 g/mol. The minimum absolute atomic E-state index is 0.105. The minimum Gasteiger partial charge on any atom is -0.491 e. The van der Waals surface area contributed by atoms with Gasteiger partial charge in [-0.25, -0.2) is 0 Å². The first-order valence-corrected chi connectivity index (χ1v) is 7.55. The molecular weight excluding hydrogens is 342 g/mol. The SMILES string of the molecule is CCOc1c(Br)cc(Cl)cc1NC(C)c1cnn(C)c1. The molecule has 6 heteroatoms. The Morgan fingerprint density at radius 1 is 1.50 bits per heavy atom. The summed E-state index contributed by atoms with van der Waals surface area (Å²) in [6.45, 7) is 4.62. The van der Waals surface area contributed by atoms with Crippen LogP contribution in [0.15, 0.2) is 29.0 Å². The van der Waals surface area contributed by atoms with Crippen LogP contribution in [-0.4, -0.2) is 16.4 Å². The number of anilines is 1. The van der Waals surface area contributed by atoms with Gasteiger partial charge in [-0.05, 0) is 41.9 Å². The van der Waals surface area contributed by atoms with Gasteiger partial charge in [0.05, 0.1) is 29.0 Å². The van der Waals surface area contributed by atoms with E-state index in [9.17, 15) is 0 Å². The number of hydrogen-bond acceptors (Lipinski definition) is 3. The van der Waals surface area contributed by atoms with E-state index in [1.54, 1.807) is 4.68 Å². The summed E-state index contributed by atoms with van der Waals surface area (Å²) in [5.74, 6) is 0.771. The van der Waals surface area contributed by atoms with Gasteiger partial charge < -0.3 is 10.1 Å². The fourth-order valence-corrected chi connectivity index (χ4v) is 2.86. The molecule has 0 saturated carbocycles. The smallest absolute Gasteiger partial charge is 0.156 e. The highest BCUT2D eigenvalue weighted by atomic mass is 79.9. The third-order valence-electron chi connectivity index (χ3n) is 2.89. The summed E-state index contributed by atoms with van der Waals surface area (Å²) < 4.78 is 8.30. The molecule has 0 amide bonds. The van der Waals surface area contributed by atoms with Gasteiger partial charge >= 0.3 is 0 Å². The molecular formula is C14H17BrClN3O. The summed E-state index contributed by atoms with van der Waals surface area (Å²) in [6.07, 6.45) is 3.83. The van der Waals surface area contributed by atoms with Crippen molar-refractivity contribution >= 4 is 33.2 Å². The van der Waals surface area contributed by atoms with Crippen LogP contribution >= 0.6 is 27.5 Å². The number of aryl methyl sites for hydroxylation is 1. The Kier molecular flexibility index (Phi) is 4.94. The predicted molar refractivity (Wildman–Crippen MR) is 85.6 cm³/mol. The van der Waals surface area contributed by atoms with Crippen LogP contribution in [0.3, 0.4) is 0 Å². The van der Waals surface area contributed by atoms with Crippen LogP contribution in [0.25, 0.3) is 0 Å². The second-order valence-corrected chi connectivity index (χ2v) is 5.80. The Hall–Kier alpha value is -1.20. The third kappa shape index (κ3) is 3.46. The zero-order valence-corrected chi connectivity index (χ0v) is 14.0. The van der Waals surface area contributed by atoms with Gasteiger partial charge in [0, 0.05) is 23.8 Å². The molecule has 0 bridgehead atoms. The highest BCUT2D eigenvalue weighted by molar-refractivity contribution is 9.10. The zero-order chi connectivity index (χ0) is 14.7. The molecule has 0 saturated heterocycles. The molecule has 0 aliphatic carbocycles. The first kappa shape index (κ1) is 15.2. The highest BCUT2D eigenvalue weighted by Crippen LogP contribution is 2.38. The van der Waals surface area contributed by atoms with E-state index in [-0.39, 0.29) is 6.04 Å². The van der Waals surface area contributed by atoms with Crippen LogP contribution in [-0.2, 0) is 7.05 Å². The van der Waals surface area contributed by atoms with Gasteiger partial charge in [0.1, 0.15) is 0 Å². The van der Waals surface area contributed by atoms with E-state index >= 15 is 0 Å². The van der Waals surface area contributed by atoms with Crippen molar-refractivity contribution in [1.29, 1.82) is 0 Å². The Bertz CT molecular complexity index is 600. The number of aromatic nitrogens is 2. The van der Waals surface area contributed by atoms with Crippen LogP contribution in [0.4, 0.5) is 5.69 Å². The summed E-state index contributed by atoms with van der Waals surface area (Å²) in [4.78, 5) is 0. The summed E-state index contributed by atoms with van der Waals surface area (Å²) in [5, 5.41) is 8.25. The van der Waals surface area contributed by atoms with Gasteiger partial charge in [0.15, 0.2) is 5.75 Å². The molecule has 1 aromatic carbocycles. The predicted octanol–water partition coefficient (Wildman–Crippen LogP) is 4.41. The van der Waals surface area contributed by atoms with E-state index in [0.29, 0.717) is 11.6 Å². The third-order valence-corrected chi connectivity index (χ3v) is 3.70. The van der Waals surface area contributed by atoms with Crippen molar-refractivity contribution in [2.45, 2.75) is 19.9 Å². The average Bonchev–Trinajstić information content (AvgIpc) is 2.80. The molecule has 1 N–H and O–H groups in total. The number of ether oxygens (including phenoxy) is 1. The molecule has 1 heterocycles. The Labute approximate surface area is 132 Å². The van der Waals surface area contributed by atoms with E-state index in [0.717, 1.165) is 21.5 Å². The summed E-state index contributed by atoms with van der Waals surface area (Å²) >= 11 is 9.60. The number of nitrogens with zero attached hydrogens (tertiary/aromatic N) is 2. The van der Waals surface area contributed by atoms with Crippen LogP contribution in [0, 0.1) is 0 Å². The van der Waals surface area contributed by atoms with Crippen LogP contribution in [0.2, 0.25) is 5.02 Å². The van der Waals surface area contributed by atoms with Crippen LogP contribution < -0.4 is 10.1 Å². The van der Waals surface area contributed by atoms with Crippen LogP contribution in [0.5, 0.6) is 5.75 Å². The standard InChI is InChI=1S/C14H17BrClN3O/c1-4-20-14-12(15)5-11(16)6-13(14)18-9(2)10-7-17-19(3)8-10/h5-9,18H,4H2,1-3H3. The topological polar surface area (TPSA) is 39.1 Å². The fraction of sp³-hybridized carbons (Fsp3) is 0.357. The maximum absolute atomic E-state index is 6.11. The van der Waals surface area contributed by atoms with Gasteiger partial charge in [-0.15, -0.1) is 0 Å². The normalized spacial score (nSPS) is 12.2. The molecule has 1 aromatic heterocycles. The number of halogens is 2.